The largest absolute Gasteiger partial charge is 0.378 e. The van der Waals surface area contributed by atoms with Gasteiger partial charge in [0.25, 0.3) is 5.91 Å². The summed E-state index contributed by atoms with van der Waals surface area (Å²) in [5.74, 6) is -0.0723. The molecule has 1 fully saturated rings. The average Bonchev–Trinajstić information content (AvgIpc) is 3.06. The molecule has 0 radical (unpaired) electrons. The topological polar surface area (TPSA) is 67.6 Å². The van der Waals surface area contributed by atoms with Crippen LogP contribution in [0.4, 0.5) is 10.3 Å². The number of amides is 1. The molecule has 2 aromatic rings. The Morgan fingerprint density at radius 3 is 2.70 bits per heavy atom. The lowest BCUT2D eigenvalue weighted by molar-refractivity contribution is 0.0930. The molecule has 0 bridgehead atoms. The molecule has 1 atom stereocenters. The van der Waals surface area contributed by atoms with E-state index in [0.717, 1.165) is 5.56 Å². The van der Waals surface area contributed by atoms with Gasteiger partial charge in [-0.1, -0.05) is 17.3 Å². The Morgan fingerprint density at radius 2 is 2.00 bits per heavy atom. The molecule has 1 unspecified atom stereocenters. The van der Waals surface area contributed by atoms with E-state index in [-0.39, 0.29) is 23.5 Å². The summed E-state index contributed by atoms with van der Waals surface area (Å²) < 4.78 is 23.4. The lowest BCUT2D eigenvalue weighted by atomic mass is 10.1. The van der Waals surface area contributed by atoms with Crippen molar-refractivity contribution in [2.24, 2.45) is 0 Å². The Kier molecular flexibility index (Phi) is 4.57. The Labute approximate surface area is 133 Å². The van der Waals surface area contributed by atoms with Crippen LogP contribution in [0.5, 0.6) is 0 Å². The SMILES string of the molecule is CC(NC(=O)c1cc(N2CCOCC2)on1)c1ccc(F)cc1. The van der Waals surface area contributed by atoms with Crippen LogP contribution in [0, 0.1) is 5.82 Å². The van der Waals surface area contributed by atoms with E-state index in [9.17, 15) is 9.18 Å². The van der Waals surface area contributed by atoms with E-state index in [4.69, 9.17) is 9.26 Å². The van der Waals surface area contributed by atoms with Crippen molar-refractivity contribution in [1.29, 1.82) is 0 Å². The van der Waals surface area contributed by atoms with Crippen molar-refractivity contribution >= 4 is 11.8 Å². The highest BCUT2D eigenvalue weighted by molar-refractivity contribution is 5.93. The zero-order chi connectivity index (χ0) is 16.2. The monoisotopic (exact) mass is 319 g/mol. The number of nitrogens with one attached hydrogen (secondary N) is 1. The van der Waals surface area contributed by atoms with Crippen molar-refractivity contribution in [3.05, 3.63) is 47.4 Å². The number of rotatable bonds is 4. The lowest BCUT2D eigenvalue weighted by Crippen LogP contribution is -2.35. The number of benzene rings is 1. The number of anilines is 1. The van der Waals surface area contributed by atoms with Crippen molar-refractivity contribution in [2.75, 3.05) is 31.2 Å². The molecule has 1 aliphatic heterocycles. The molecule has 1 aromatic heterocycles. The molecule has 7 heteroatoms. The minimum atomic E-state index is -0.329. The fourth-order valence-corrected chi connectivity index (χ4v) is 2.41. The van der Waals surface area contributed by atoms with E-state index in [1.807, 2.05) is 11.8 Å². The maximum atomic E-state index is 12.9. The predicted molar refractivity (Wildman–Crippen MR) is 81.8 cm³/mol. The summed E-state index contributed by atoms with van der Waals surface area (Å²) in [4.78, 5) is 14.2. The molecular weight excluding hydrogens is 301 g/mol. The summed E-state index contributed by atoms with van der Waals surface area (Å²) >= 11 is 0. The normalized spacial score (nSPS) is 16.2. The number of hydrogen-bond acceptors (Lipinski definition) is 5. The van der Waals surface area contributed by atoms with Crippen molar-refractivity contribution in [1.82, 2.24) is 10.5 Å². The molecule has 1 saturated heterocycles. The first kappa shape index (κ1) is 15.5. The van der Waals surface area contributed by atoms with Gasteiger partial charge in [0, 0.05) is 19.2 Å². The van der Waals surface area contributed by atoms with Crippen molar-refractivity contribution in [3.8, 4) is 0 Å². The van der Waals surface area contributed by atoms with Crippen molar-refractivity contribution in [3.63, 3.8) is 0 Å². The van der Waals surface area contributed by atoms with E-state index in [0.29, 0.717) is 32.2 Å². The van der Waals surface area contributed by atoms with Gasteiger partial charge >= 0.3 is 0 Å². The maximum absolute atomic E-state index is 12.9. The Balaban J connectivity index is 1.63. The van der Waals surface area contributed by atoms with Crippen LogP contribution in [-0.2, 0) is 4.74 Å². The van der Waals surface area contributed by atoms with Crippen LogP contribution >= 0.6 is 0 Å². The third kappa shape index (κ3) is 3.68. The van der Waals surface area contributed by atoms with Crippen LogP contribution < -0.4 is 10.2 Å². The molecule has 3 rings (SSSR count). The highest BCUT2D eigenvalue weighted by atomic mass is 19.1. The van der Waals surface area contributed by atoms with Gasteiger partial charge in [-0.15, -0.1) is 0 Å². The highest BCUT2D eigenvalue weighted by Crippen LogP contribution is 2.18. The second-order valence-corrected chi connectivity index (χ2v) is 5.40. The molecule has 0 aliphatic carbocycles. The van der Waals surface area contributed by atoms with Gasteiger partial charge in [-0.2, -0.15) is 0 Å². The van der Waals surface area contributed by atoms with Gasteiger partial charge in [-0.3, -0.25) is 4.79 Å². The van der Waals surface area contributed by atoms with Crippen LogP contribution in [0.15, 0.2) is 34.9 Å². The number of halogens is 1. The average molecular weight is 319 g/mol. The van der Waals surface area contributed by atoms with Crippen LogP contribution in [0.3, 0.4) is 0 Å². The molecular formula is C16H18FN3O3. The second kappa shape index (κ2) is 6.78. The zero-order valence-electron chi connectivity index (χ0n) is 12.8. The minimum Gasteiger partial charge on any atom is -0.378 e. The fourth-order valence-electron chi connectivity index (χ4n) is 2.41. The number of aromatic nitrogens is 1. The highest BCUT2D eigenvalue weighted by Gasteiger charge is 2.20. The van der Waals surface area contributed by atoms with Crippen LogP contribution in [-0.4, -0.2) is 37.4 Å². The first-order valence-corrected chi connectivity index (χ1v) is 7.49. The van der Waals surface area contributed by atoms with Gasteiger partial charge in [-0.05, 0) is 24.6 Å². The molecule has 1 amide bonds. The molecule has 0 saturated carbocycles. The molecule has 0 spiro atoms. The maximum Gasteiger partial charge on any atom is 0.274 e. The van der Waals surface area contributed by atoms with Gasteiger partial charge < -0.3 is 19.5 Å². The van der Waals surface area contributed by atoms with Gasteiger partial charge in [0.1, 0.15) is 5.82 Å². The van der Waals surface area contributed by atoms with Crippen LogP contribution in [0.25, 0.3) is 0 Å². The number of carbonyl (C=O) groups is 1. The van der Waals surface area contributed by atoms with E-state index >= 15 is 0 Å². The number of ether oxygens (including phenoxy) is 1. The summed E-state index contributed by atoms with van der Waals surface area (Å²) in [6.07, 6.45) is 0. The Morgan fingerprint density at radius 1 is 1.30 bits per heavy atom. The summed E-state index contributed by atoms with van der Waals surface area (Å²) in [7, 11) is 0. The van der Waals surface area contributed by atoms with Crippen LogP contribution in [0.1, 0.15) is 29.0 Å². The Hall–Kier alpha value is -2.41. The number of carbonyl (C=O) groups excluding carboxylic acids is 1. The molecule has 2 heterocycles. The lowest BCUT2D eigenvalue weighted by Gasteiger charge is -2.25. The zero-order valence-corrected chi connectivity index (χ0v) is 12.8. The molecule has 23 heavy (non-hydrogen) atoms. The number of hydrogen-bond donors (Lipinski definition) is 1. The van der Waals surface area contributed by atoms with E-state index in [2.05, 4.69) is 10.5 Å². The summed E-state index contributed by atoms with van der Waals surface area (Å²) in [5, 5.41) is 6.64. The molecule has 1 N–H and O–H groups in total. The summed E-state index contributed by atoms with van der Waals surface area (Å²) in [6, 6.07) is 7.38. The smallest absolute Gasteiger partial charge is 0.274 e. The van der Waals surface area contributed by atoms with Gasteiger partial charge in [0.05, 0.1) is 19.3 Å². The van der Waals surface area contributed by atoms with Crippen LogP contribution in [0.2, 0.25) is 0 Å². The predicted octanol–water partition coefficient (Wildman–Crippen LogP) is 2.14. The Bertz CT molecular complexity index is 665. The molecule has 1 aliphatic rings. The standard InChI is InChI=1S/C16H18FN3O3/c1-11(12-2-4-13(17)5-3-12)18-16(21)14-10-15(23-19-14)20-6-8-22-9-7-20/h2-5,10-11H,6-9H2,1H3,(H,18,21). The quantitative estimate of drug-likeness (QED) is 0.935. The summed E-state index contributed by atoms with van der Waals surface area (Å²) in [6.45, 7) is 4.51. The van der Waals surface area contributed by atoms with Gasteiger partial charge in [0.2, 0.25) is 5.88 Å². The molecule has 1 aromatic carbocycles. The van der Waals surface area contributed by atoms with Gasteiger partial charge in [0.15, 0.2) is 5.69 Å². The summed E-state index contributed by atoms with van der Waals surface area (Å²) in [5.41, 5.74) is 1.04. The third-order valence-electron chi connectivity index (χ3n) is 3.77. The van der Waals surface area contributed by atoms with Crippen molar-refractivity contribution in [2.45, 2.75) is 13.0 Å². The fraction of sp³-hybridized carbons (Fsp3) is 0.375. The third-order valence-corrected chi connectivity index (χ3v) is 3.77. The van der Waals surface area contributed by atoms with E-state index in [1.165, 1.54) is 12.1 Å². The van der Waals surface area contributed by atoms with E-state index < -0.39 is 0 Å². The number of morpholine rings is 1. The van der Waals surface area contributed by atoms with E-state index in [1.54, 1.807) is 18.2 Å². The minimum absolute atomic E-state index is 0.223. The first-order valence-electron chi connectivity index (χ1n) is 7.49. The second-order valence-electron chi connectivity index (χ2n) is 5.40. The van der Waals surface area contributed by atoms with Crippen molar-refractivity contribution < 1.29 is 18.4 Å². The first-order chi connectivity index (χ1) is 11.1. The number of nitrogens with zero attached hydrogens (tertiary/aromatic N) is 2. The molecule has 122 valence electrons. The molecule has 6 nitrogen and oxygen atoms in total. The van der Waals surface area contributed by atoms with Gasteiger partial charge in [-0.25, -0.2) is 4.39 Å².